The standard InChI is InChI=1S/C24H33N3O3/c1-3-26(2)14-15-30-23-10-8-20(9-11-23)24(29)25-16-22(28)18-27-13-12-19-6-4-5-7-21(19)17-27/h4-11,22,28H,3,12-18H2,1-2H3,(H,25,29)/t22-/m0/s1. The number of likely N-dealkylation sites (N-methyl/N-ethyl adjacent to an activating group) is 1. The van der Waals surface area contributed by atoms with Crippen molar-refractivity contribution in [3.8, 4) is 5.75 Å². The van der Waals surface area contributed by atoms with Crippen LogP contribution in [-0.4, -0.2) is 73.3 Å². The number of nitrogens with zero attached hydrogens (tertiary/aromatic N) is 2. The van der Waals surface area contributed by atoms with Crippen LogP contribution in [0.15, 0.2) is 48.5 Å². The Morgan fingerprint density at radius 3 is 2.67 bits per heavy atom. The Bertz CT molecular complexity index is 810. The summed E-state index contributed by atoms with van der Waals surface area (Å²) in [6.07, 6.45) is 0.399. The molecule has 0 saturated carbocycles. The summed E-state index contributed by atoms with van der Waals surface area (Å²) in [6.45, 7) is 7.12. The molecule has 2 aromatic rings. The van der Waals surface area contributed by atoms with Crippen molar-refractivity contribution in [2.75, 3.05) is 46.4 Å². The predicted molar refractivity (Wildman–Crippen MR) is 119 cm³/mol. The van der Waals surface area contributed by atoms with Crippen LogP contribution in [0, 0.1) is 0 Å². The van der Waals surface area contributed by atoms with Gasteiger partial charge in [0.25, 0.3) is 5.91 Å². The Hall–Kier alpha value is -2.41. The molecule has 1 aliphatic rings. The summed E-state index contributed by atoms with van der Waals surface area (Å²) in [6, 6.07) is 15.6. The summed E-state index contributed by atoms with van der Waals surface area (Å²) in [5.74, 6) is 0.566. The topological polar surface area (TPSA) is 65.0 Å². The highest BCUT2D eigenvalue weighted by Gasteiger charge is 2.19. The van der Waals surface area contributed by atoms with Gasteiger partial charge in [-0.05, 0) is 55.4 Å². The van der Waals surface area contributed by atoms with Crippen molar-refractivity contribution >= 4 is 5.91 Å². The molecule has 3 rings (SSSR count). The number of fused-ring (bicyclic) bond motifs is 1. The first-order valence-corrected chi connectivity index (χ1v) is 10.7. The predicted octanol–water partition coefficient (Wildman–Crippen LogP) is 2.17. The van der Waals surface area contributed by atoms with Gasteiger partial charge < -0.3 is 20.1 Å². The van der Waals surface area contributed by atoms with Crippen molar-refractivity contribution in [3.63, 3.8) is 0 Å². The van der Waals surface area contributed by atoms with E-state index in [2.05, 4.69) is 53.4 Å². The van der Waals surface area contributed by atoms with Gasteiger partial charge >= 0.3 is 0 Å². The third-order valence-corrected chi connectivity index (χ3v) is 5.57. The van der Waals surface area contributed by atoms with Crippen molar-refractivity contribution in [1.29, 1.82) is 0 Å². The molecule has 30 heavy (non-hydrogen) atoms. The number of hydrogen-bond donors (Lipinski definition) is 2. The molecule has 1 aliphatic heterocycles. The van der Waals surface area contributed by atoms with Gasteiger partial charge in [-0.25, -0.2) is 0 Å². The van der Waals surface area contributed by atoms with Crippen LogP contribution in [0.25, 0.3) is 0 Å². The third kappa shape index (κ3) is 6.55. The lowest BCUT2D eigenvalue weighted by Gasteiger charge is -2.30. The lowest BCUT2D eigenvalue weighted by molar-refractivity contribution is 0.0842. The average molecular weight is 412 g/mol. The maximum absolute atomic E-state index is 12.4. The molecule has 0 aliphatic carbocycles. The maximum Gasteiger partial charge on any atom is 0.251 e. The molecule has 162 valence electrons. The third-order valence-electron chi connectivity index (χ3n) is 5.57. The summed E-state index contributed by atoms with van der Waals surface area (Å²) in [5, 5.41) is 13.2. The van der Waals surface area contributed by atoms with Gasteiger partial charge in [0.15, 0.2) is 0 Å². The summed E-state index contributed by atoms with van der Waals surface area (Å²) in [7, 11) is 2.05. The van der Waals surface area contributed by atoms with Crippen molar-refractivity contribution in [2.24, 2.45) is 0 Å². The Morgan fingerprint density at radius 2 is 1.93 bits per heavy atom. The second-order valence-corrected chi connectivity index (χ2v) is 7.89. The number of nitrogens with one attached hydrogen (secondary N) is 1. The number of benzene rings is 2. The van der Waals surface area contributed by atoms with Crippen molar-refractivity contribution < 1.29 is 14.6 Å². The van der Waals surface area contributed by atoms with Gasteiger partial charge in [0, 0.05) is 38.3 Å². The first-order chi connectivity index (χ1) is 14.5. The normalized spacial score (nSPS) is 14.9. The number of amides is 1. The Labute approximate surface area is 179 Å². The molecule has 1 heterocycles. The van der Waals surface area contributed by atoms with Crippen LogP contribution < -0.4 is 10.1 Å². The smallest absolute Gasteiger partial charge is 0.251 e. The lowest BCUT2D eigenvalue weighted by Crippen LogP contribution is -2.42. The van der Waals surface area contributed by atoms with Crippen molar-refractivity contribution in [2.45, 2.75) is 26.0 Å². The molecular weight excluding hydrogens is 378 g/mol. The van der Waals surface area contributed by atoms with Crippen LogP contribution in [0.2, 0.25) is 0 Å². The van der Waals surface area contributed by atoms with Crippen LogP contribution in [0.3, 0.4) is 0 Å². The minimum absolute atomic E-state index is 0.185. The van der Waals surface area contributed by atoms with E-state index in [-0.39, 0.29) is 12.5 Å². The van der Waals surface area contributed by atoms with Gasteiger partial charge in [-0.15, -0.1) is 0 Å². The highest BCUT2D eigenvalue weighted by Crippen LogP contribution is 2.18. The largest absolute Gasteiger partial charge is 0.492 e. The molecule has 0 radical (unpaired) electrons. The summed E-state index contributed by atoms with van der Waals surface area (Å²) < 4.78 is 5.70. The van der Waals surface area contributed by atoms with E-state index in [9.17, 15) is 9.90 Å². The number of β-amino-alcohol motifs (C(OH)–C–C–N with tert-alkyl or cyclic N) is 1. The second-order valence-electron chi connectivity index (χ2n) is 7.89. The first-order valence-electron chi connectivity index (χ1n) is 10.7. The summed E-state index contributed by atoms with van der Waals surface area (Å²) in [4.78, 5) is 16.8. The van der Waals surface area contributed by atoms with E-state index in [0.29, 0.717) is 18.7 Å². The molecule has 0 spiro atoms. The van der Waals surface area contributed by atoms with E-state index in [1.54, 1.807) is 12.1 Å². The molecule has 2 aromatic carbocycles. The van der Waals surface area contributed by atoms with E-state index >= 15 is 0 Å². The van der Waals surface area contributed by atoms with Crippen LogP contribution in [0.1, 0.15) is 28.4 Å². The molecule has 1 atom stereocenters. The van der Waals surface area contributed by atoms with Crippen molar-refractivity contribution in [1.82, 2.24) is 15.1 Å². The Kier molecular flexibility index (Phi) is 8.25. The molecule has 0 fully saturated rings. The van der Waals surface area contributed by atoms with Gasteiger partial charge in [-0.3, -0.25) is 9.69 Å². The molecule has 0 saturated heterocycles. The van der Waals surface area contributed by atoms with Crippen LogP contribution >= 0.6 is 0 Å². The quantitative estimate of drug-likeness (QED) is 0.627. The minimum Gasteiger partial charge on any atom is -0.492 e. The first kappa shape index (κ1) is 22.3. The highest BCUT2D eigenvalue weighted by atomic mass is 16.5. The molecule has 0 aromatic heterocycles. The number of rotatable bonds is 10. The summed E-state index contributed by atoms with van der Waals surface area (Å²) in [5.41, 5.74) is 3.28. The second kappa shape index (κ2) is 11.1. The molecule has 1 amide bonds. The molecular formula is C24H33N3O3. The van der Waals surface area contributed by atoms with E-state index in [0.717, 1.165) is 38.3 Å². The fourth-order valence-corrected chi connectivity index (χ4v) is 3.57. The number of aliphatic hydroxyl groups is 1. The molecule has 0 unspecified atom stereocenters. The molecule has 0 bridgehead atoms. The van der Waals surface area contributed by atoms with Crippen LogP contribution in [0.4, 0.5) is 0 Å². The highest BCUT2D eigenvalue weighted by molar-refractivity contribution is 5.94. The fraction of sp³-hybridized carbons (Fsp3) is 0.458. The molecule has 2 N–H and O–H groups in total. The number of ether oxygens (including phenoxy) is 1. The fourth-order valence-electron chi connectivity index (χ4n) is 3.57. The average Bonchev–Trinajstić information content (AvgIpc) is 2.77. The van der Waals surface area contributed by atoms with E-state index in [1.807, 2.05) is 12.1 Å². The maximum atomic E-state index is 12.4. The molecule has 6 nitrogen and oxygen atoms in total. The van der Waals surface area contributed by atoms with E-state index in [4.69, 9.17) is 4.74 Å². The number of hydrogen-bond acceptors (Lipinski definition) is 5. The van der Waals surface area contributed by atoms with Crippen LogP contribution in [-0.2, 0) is 13.0 Å². The Balaban J connectivity index is 1.39. The zero-order chi connectivity index (χ0) is 21.3. The summed E-state index contributed by atoms with van der Waals surface area (Å²) >= 11 is 0. The zero-order valence-corrected chi connectivity index (χ0v) is 18.0. The minimum atomic E-state index is -0.600. The van der Waals surface area contributed by atoms with Gasteiger partial charge in [0.2, 0.25) is 0 Å². The van der Waals surface area contributed by atoms with E-state index < -0.39 is 6.10 Å². The number of carbonyl (C=O) groups excluding carboxylic acids is 1. The SMILES string of the molecule is CCN(C)CCOc1ccc(C(=O)NC[C@H](O)CN2CCc3ccccc3C2)cc1. The van der Waals surface area contributed by atoms with Crippen molar-refractivity contribution in [3.05, 3.63) is 65.2 Å². The monoisotopic (exact) mass is 411 g/mol. The van der Waals surface area contributed by atoms with Gasteiger partial charge in [-0.2, -0.15) is 0 Å². The van der Waals surface area contributed by atoms with Gasteiger partial charge in [0.1, 0.15) is 12.4 Å². The van der Waals surface area contributed by atoms with E-state index in [1.165, 1.54) is 11.1 Å². The number of carbonyl (C=O) groups is 1. The van der Waals surface area contributed by atoms with Crippen LogP contribution in [0.5, 0.6) is 5.75 Å². The zero-order valence-electron chi connectivity index (χ0n) is 18.0. The van der Waals surface area contributed by atoms with Gasteiger partial charge in [0.05, 0.1) is 6.10 Å². The molecule has 6 heteroatoms. The Morgan fingerprint density at radius 1 is 1.20 bits per heavy atom. The number of aliphatic hydroxyl groups excluding tert-OH is 1. The lowest BCUT2D eigenvalue weighted by atomic mass is 10.00. The van der Waals surface area contributed by atoms with Gasteiger partial charge in [-0.1, -0.05) is 31.2 Å².